The van der Waals surface area contributed by atoms with E-state index in [1.165, 1.54) is 32.2 Å². The normalized spacial score (nSPS) is 41.4. The fraction of sp³-hybridized carbons (Fsp3) is 1.00. The molecule has 3 atom stereocenters. The monoisotopic (exact) mass is 226 g/mol. The molecule has 3 nitrogen and oxygen atoms in total. The van der Waals surface area contributed by atoms with Crippen molar-refractivity contribution in [2.24, 2.45) is 5.73 Å². The molecule has 94 valence electrons. The van der Waals surface area contributed by atoms with Crippen LogP contribution < -0.4 is 5.73 Å². The van der Waals surface area contributed by atoms with E-state index >= 15 is 0 Å². The van der Waals surface area contributed by atoms with Crippen molar-refractivity contribution in [1.29, 1.82) is 0 Å². The lowest BCUT2D eigenvalue weighted by Gasteiger charge is -2.43. The van der Waals surface area contributed by atoms with Gasteiger partial charge in [0.15, 0.2) is 0 Å². The smallest absolute Gasteiger partial charge is 0.0666 e. The lowest BCUT2D eigenvalue weighted by Crippen LogP contribution is -2.50. The summed E-state index contributed by atoms with van der Waals surface area (Å²) in [5, 5.41) is 0. The maximum Gasteiger partial charge on any atom is 0.0666 e. The van der Waals surface area contributed by atoms with E-state index in [1.54, 1.807) is 0 Å². The van der Waals surface area contributed by atoms with Gasteiger partial charge in [0.1, 0.15) is 0 Å². The summed E-state index contributed by atoms with van der Waals surface area (Å²) >= 11 is 0. The van der Waals surface area contributed by atoms with Crippen LogP contribution in [0.4, 0.5) is 0 Å². The predicted molar refractivity (Wildman–Crippen MR) is 66.5 cm³/mol. The summed E-state index contributed by atoms with van der Waals surface area (Å²) in [4.78, 5) is 2.65. The molecule has 0 bridgehead atoms. The van der Waals surface area contributed by atoms with E-state index in [2.05, 4.69) is 18.7 Å². The first kappa shape index (κ1) is 12.3. The zero-order valence-electron chi connectivity index (χ0n) is 10.7. The van der Waals surface area contributed by atoms with Gasteiger partial charge in [-0.15, -0.1) is 0 Å². The summed E-state index contributed by atoms with van der Waals surface area (Å²) in [6.07, 6.45) is 6.09. The van der Waals surface area contributed by atoms with Crippen LogP contribution >= 0.6 is 0 Å². The van der Waals surface area contributed by atoms with Crippen LogP contribution in [0.5, 0.6) is 0 Å². The van der Waals surface area contributed by atoms with Gasteiger partial charge in [0.2, 0.25) is 0 Å². The molecule has 16 heavy (non-hydrogen) atoms. The van der Waals surface area contributed by atoms with Crippen LogP contribution in [0.2, 0.25) is 0 Å². The van der Waals surface area contributed by atoms with E-state index in [9.17, 15) is 0 Å². The Balaban J connectivity index is 1.98. The number of hydrogen-bond donors (Lipinski definition) is 1. The Labute approximate surface area is 99.3 Å². The molecule has 0 aromatic heterocycles. The quantitative estimate of drug-likeness (QED) is 0.797. The highest BCUT2D eigenvalue weighted by Crippen LogP contribution is 2.33. The Morgan fingerprint density at radius 3 is 2.94 bits per heavy atom. The molecule has 2 aliphatic rings. The molecule has 0 saturated carbocycles. The van der Waals surface area contributed by atoms with Crippen molar-refractivity contribution in [3.05, 3.63) is 0 Å². The molecule has 0 radical (unpaired) electrons. The largest absolute Gasteiger partial charge is 0.375 e. The van der Waals surface area contributed by atoms with Crippen LogP contribution in [-0.2, 0) is 4.74 Å². The maximum absolute atomic E-state index is 5.92. The van der Waals surface area contributed by atoms with Crippen molar-refractivity contribution in [3.8, 4) is 0 Å². The van der Waals surface area contributed by atoms with Gasteiger partial charge in [-0.05, 0) is 45.6 Å². The Bertz CT molecular complexity index is 234. The van der Waals surface area contributed by atoms with Gasteiger partial charge in [-0.1, -0.05) is 6.92 Å². The molecule has 2 heterocycles. The summed E-state index contributed by atoms with van der Waals surface area (Å²) in [5.41, 5.74) is 5.96. The zero-order valence-corrected chi connectivity index (χ0v) is 10.7. The molecule has 3 heteroatoms. The first-order chi connectivity index (χ1) is 7.68. The van der Waals surface area contributed by atoms with Gasteiger partial charge in [0.25, 0.3) is 0 Å². The van der Waals surface area contributed by atoms with E-state index in [0.29, 0.717) is 12.1 Å². The summed E-state index contributed by atoms with van der Waals surface area (Å²) < 4.78 is 5.92. The molecule has 2 N–H and O–H groups in total. The number of rotatable bonds is 3. The second-order valence-electron chi connectivity index (χ2n) is 5.57. The van der Waals surface area contributed by atoms with E-state index in [1.807, 2.05) is 0 Å². The standard InChI is InChI=1S/C13H26N2O/c1-3-13(2)9-11(6-8-16-13)15-7-4-5-12(15)10-14/h11-12H,3-10,14H2,1-2H3. The minimum absolute atomic E-state index is 0.102. The molecular weight excluding hydrogens is 200 g/mol. The van der Waals surface area contributed by atoms with Crippen molar-refractivity contribution in [3.63, 3.8) is 0 Å². The average Bonchev–Trinajstić information content (AvgIpc) is 2.77. The van der Waals surface area contributed by atoms with E-state index < -0.39 is 0 Å². The van der Waals surface area contributed by atoms with Gasteiger partial charge in [0.05, 0.1) is 5.60 Å². The summed E-state index contributed by atoms with van der Waals surface area (Å²) in [6.45, 7) is 7.47. The average molecular weight is 226 g/mol. The van der Waals surface area contributed by atoms with Crippen molar-refractivity contribution in [2.45, 2.75) is 63.6 Å². The lowest BCUT2D eigenvalue weighted by atomic mass is 9.89. The van der Waals surface area contributed by atoms with Crippen LogP contribution in [-0.4, -0.2) is 42.3 Å². The van der Waals surface area contributed by atoms with Crippen molar-refractivity contribution in [2.75, 3.05) is 19.7 Å². The minimum Gasteiger partial charge on any atom is -0.375 e. The fourth-order valence-electron chi connectivity index (χ4n) is 3.22. The summed E-state index contributed by atoms with van der Waals surface area (Å²) in [6, 6.07) is 1.33. The molecule has 0 aliphatic carbocycles. The Morgan fingerprint density at radius 1 is 1.44 bits per heavy atom. The second-order valence-corrected chi connectivity index (χ2v) is 5.57. The number of ether oxygens (including phenoxy) is 1. The van der Waals surface area contributed by atoms with Crippen molar-refractivity contribution in [1.82, 2.24) is 4.90 Å². The molecule has 0 aromatic carbocycles. The van der Waals surface area contributed by atoms with Crippen LogP contribution in [0.25, 0.3) is 0 Å². The van der Waals surface area contributed by atoms with E-state index in [4.69, 9.17) is 10.5 Å². The highest BCUT2D eigenvalue weighted by molar-refractivity contribution is 4.92. The fourth-order valence-corrected chi connectivity index (χ4v) is 3.22. The first-order valence-corrected chi connectivity index (χ1v) is 6.78. The van der Waals surface area contributed by atoms with Gasteiger partial charge in [-0.2, -0.15) is 0 Å². The molecule has 2 fully saturated rings. The van der Waals surface area contributed by atoms with E-state index in [-0.39, 0.29) is 5.60 Å². The number of nitrogens with two attached hydrogens (primary N) is 1. The molecule has 2 rings (SSSR count). The van der Waals surface area contributed by atoms with Crippen LogP contribution in [0, 0.1) is 0 Å². The summed E-state index contributed by atoms with van der Waals surface area (Å²) in [5.74, 6) is 0. The molecule has 0 spiro atoms. The molecule has 3 unspecified atom stereocenters. The highest BCUT2D eigenvalue weighted by atomic mass is 16.5. The van der Waals surface area contributed by atoms with Crippen molar-refractivity contribution < 1.29 is 4.74 Å². The van der Waals surface area contributed by atoms with Gasteiger partial charge >= 0.3 is 0 Å². The third-order valence-corrected chi connectivity index (χ3v) is 4.48. The number of nitrogens with zero attached hydrogens (tertiary/aromatic N) is 1. The Hall–Kier alpha value is -0.120. The topological polar surface area (TPSA) is 38.5 Å². The third kappa shape index (κ3) is 2.41. The minimum atomic E-state index is 0.102. The molecule has 0 aromatic rings. The molecule has 2 aliphatic heterocycles. The highest BCUT2D eigenvalue weighted by Gasteiger charge is 2.37. The SMILES string of the molecule is CCC1(C)CC(N2CCCC2CN)CCO1. The molecule has 2 saturated heterocycles. The summed E-state index contributed by atoms with van der Waals surface area (Å²) in [7, 11) is 0. The predicted octanol–water partition coefficient (Wildman–Crippen LogP) is 1.76. The Kier molecular flexibility index (Phi) is 3.88. The van der Waals surface area contributed by atoms with Gasteiger partial charge in [-0.3, -0.25) is 4.90 Å². The third-order valence-electron chi connectivity index (χ3n) is 4.48. The van der Waals surface area contributed by atoms with Gasteiger partial charge in [-0.25, -0.2) is 0 Å². The molecular formula is C13H26N2O. The molecule has 0 amide bonds. The second kappa shape index (κ2) is 5.03. The maximum atomic E-state index is 5.92. The van der Waals surface area contributed by atoms with Crippen LogP contribution in [0.3, 0.4) is 0 Å². The van der Waals surface area contributed by atoms with Crippen LogP contribution in [0.1, 0.15) is 46.0 Å². The number of likely N-dealkylation sites (tertiary alicyclic amines) is 1. The van der Waals surface area contributed by atoms with Gasteiger partial charge < -0.3 is 10.5 Å². The van der Waals surface area contributed by atoms with Crippen LogP contribution in [0.15, 0.2) is 0 Å². The Morgan fingerprint density at radius 2 is 2.25 bits per heavy atom. The zero-order chi connectivity index (χ0) is 11.6. The van der Waals surface area contributed by atoms with Crippen molar-refractivity contribution >= 4 is 0 Å². The lowest BCUT2D eigenvalue weighted by molar-refractivity contribution is -0.0977. The first-order valence-electron chi connectivity index (χ1n) is 6.78. The van der Waals surface area contributed by atoms with E-state index in [0.717, 1.165) is 19.6 Å². The number of hydrogen-bond acceptors (Lipinski definition) is 3. The van der Waals surface area contributed by atoms with Gasteiger partial charge in [0, 0.05) is 25.2 Å².